The van der Waals surface area contributed by atoms with E-state index < -0.39 is 5.91 Å². The van der Waals surface area contributed by atoms with E-state index in [1.165, 1.54) is 20.1 Å². The molecule has 2 N–H and O–H groups in total. The molecule has 30 heavy (non-hydrogen) atoms. The third-order valence-electron chi connectivity index (χ3n) is 4.30. The number of carbonyl (C=O) groups excluding carboxylic acids is 2. The van der Waals surface area contributed by atoms with Gasteiger partial charge in [-0.15, -0.1) is 0 Å². The van der Waals surface area contributed by atoms with Crippen LogP contribution in [0.5, 0.6) is 5.75 Å². The first-order valence-corrected chi connectivity index (χ1v) is 9.26. The second-order valence-electron chi connectivity index (χ2n) is 6.72. The summed E-state index contributed by atoms with van der Waals surface area (Å²) in [5.41, 5.74) is 3.04. The fourth-order valence-corrected chi connectivity index (χ4v) is 2.85. The minimum atomic E-state index is -0.455. The molecule has 8 heteroatoms. The van der Waals surface area contributed by atoms with Crippen molar-refractivity contribution in [3.8, 4) is 17.0 Å². The number of aryl methyl sites for hydroxylation is 1. The van der Waals surface area contributed by atoms with Gasteiger partial charge in [0.2, 0.25) is 11.8 Å². The van der Waals surface area contributed by atoms with Gasteiger partial charge in [-0.05, 0) is 31.2 Å². The second kappa shape index (κ2) is 9.04. The Hall–Kier alpha value is -3.94. The summed E-state index contributed by atoms with van der Waals surface area (Å²) >= 11 is 0. The average molecular weight is 406 g/mol. The third-order valence-corrected chi connectivity index (χ3v) is 4.30. The van der Waals surface area contributed by atoms with Gasteiger partial charge in [-0.2, -0.15) is 5.10 Å². The van der Waals surface area contributed by atoms with E-state index in [1.807, 2.05) is 31.2 Å². The number of rotatable bonds is 6. The van der Waals surface area contributed by atoms with E-state index in [9.17, 15) is 14.4 Å². The molecular formula is C22H22N4O4. The average Bonchev–Trinajstić information content (AvgIpc) is 2.70. The SMILES string of the molecule is COc1ccc(NC(C)=O)cc1NC(=O)Cn1nc(-c2ccc(C)cc2)ccc1=O. The van der Waals surface area contributed by atoms with Crippen molar-refractivity contribution in [2.24, 2.45) is 0 Å². The zero-order valence-electron chi connectivity index (χ0n) is 16.9. The number of hydrogen-bond acceptors (Lipinski definition) is 5. The number of nitrogens with one attached hydrogen (secondary N) is 2. The molecule has 0 unspecified atom stereocenters. The summed E-state index contributed by atoms with van der Waals surface area (Å²) in [5.74, 6) is -0.267. The van der Waals surface area contributed by atoms with Crippen LogP contribution in [0.25, 0.3) is 11.3 Å². The largest absolute Gasteiger partial charge is 0.495 e. The Bertz CT molecular complexity index is 1140. The maximum atomic E-state index is 12.6. The number of amides is 2. The monoisotopic (exact) mass is 406 g/mol. The number of anilines is 2. The van der Waals surface area contributed by atoms with Crippen molar-refractivity contribution in [1.82, 2.24) is 9.78 Å². The van der Waals surface area contributed by atoms with Crippen molar-refractivity contribution in [2.75, 3.05) is 17.7 Å². The maximum Gasteiger partial charge on any atom is 0.267 e. The van der Waals surface area contributed by atoms with E-state index >= 15 is 0 Å². The highest BCUT2D eigenvalue weighted by molar-refractivity contribution is 5.94. The lowest BCUT2D eigenvalue weighted by molar-refractivity contribution is -0.117. The Morgan fingerprint density at radius 1 is 1.03 bits per heavy atom. The Kier molecular flexibility index (Phi) is 6.26. The molecule has 3 rings (SSSR count). The van der Waals surface area contributed by atoms with E-state index in [0.29, 0.717) is 22.8 Å². The van der Waals surface area contributed by atoms with Crippen LogP contribution in [0.15, 0.2) is 59.4 Å². The Morgan fingerprint density at radius 3 is 2.43 bits per heavy atom. The molecule has 2 aromatic carbocycles. The zero-order chi connectivity index (χ0) is 21.7. The van der Waals surface area contributed by atoms with Crippen LogP contribution in [0, 0.1) is 6.92 Å². The van der Waals surface area contributed by atoms with Crippen molar-refractivity contribution in [2.45, 2.75) is 20.4 Å². The molecule has 3 aromatic rings. The topological polar surface area (TPSA) is 102 Å². The summed E-state index contributed by atoms with van der Waals surface area (Å²) in [7, 11) is 1.47. The molecule has 8 nitrogen and oxygen atoms in total. The van der Waals surface area contributed by atoms with Crippen LogP contribution in [-0.2, 0) is 16.1 Å². The summed E-state index contributed by atoms with van der Waals surface area (Å²) in [6, 6.07) is 15.6. The first kappa shape index (κ1) is 20.8. The van der Waals surface area contributed by atoms with E-state index in [2.05, 4.69) is 15.7 Å². The molecule has 154 valence electrons. The van der Waals surface area contributed by atoms with Gasteiger partial charge in [0.25, 0.3) is 5.56 Å². The van der Waals surface area contributed by atoms with Crippen LogP contribution in [-0.4, -0.2) is 28.7 Å². The first-order valence-electron chi connectivity index (χ1n) is 9.26. The summed E-state index contributed by atoms with van der Waals surface area (Å²) in [6.07, 6.45) is 0. The van der Waals surface area contributed by atoms with Gasteiger partial charge >= 0.3 is 0 Å². The number of carbonyl (C=O) groups is 2. The quantitative estimate of drug-likeness (QED) is 0.655. The Balaban J connectivity index is 1.81. The predicted molar refractivity (Wildman–Crippen MR) is 115 cm³/mol. The maximum absolute atomic E-state index is 12.6. The molecule has 1 aromatic heterocycles. The number of hydrogen-bond donors (Lipinski definition) is 2. The molecule has 1 heterocycles. The minimum absolute atomic E-state index is 0.235. The number of ether oxygens (including phenoxy) is 1. The van der Waals surface area contributed by atoms with Gasteiger partial charge in [0.15, 0.2) is 0 Å². The fraction of sp³-hybridized carbons (Fsp3) is 0.182. The molecule has 0 spiro atoms. The third kappa shape index (κ3) is 5.11. The number of nitrogens with zero attached hydrogens (tertiary/aromatic N) is 2. The van der Waals surface area contributed by atoms with E-state index in [4.69, 9.17) is 4.74 Å². The number of methoxy groups -OCH3 is 1. The molecule has 0 saturated carbocycles. The molecular weight excluding hydrogens is 384 g/mol. The predicted octanol–water partition coefficient (Wildman–Crippen LogP) is 2.82. The highest BCUT2D eigenvalue weighted by Crippen LogP contribution is 2.28. The van der Waals surface area contributed by atoms with Gasteiger partial charge in [0.1, 0.15) is 12.3 Å². The van der Waals surface area contributed by atoms with E-state index in [-0.39, 0.29) is 18.0 Å². The number of aromatic nitrogens is 2. The summed E-state index contributed by atoms with van der Waals surface area (Å²) in [6.45, 7) is 3.10. The van der Waals surface area contributed by atoms with Crippen molar-refractivity contribution < 1.29 is 14.3 Å². The molecule has 0 fully saturated rings. The van der Waals surface area contributed by atoms with Crippen molar-refractivity contribution >= 4 is 23.2 Å². The Morgan fingerprint density at radius 2 is 1.77 bits per heavy atom. The van der Waals surface area contributed by atoms with Crippen LogP contribution in [0.1, 0.15) is 12.5 Å². The molecule has 2 amide bonds. The van der Waals surface area contributed by atoms with Crippen molar-refractivity contribution in [3.05, 3.63) is 70.5 Å². The van der Waals surface area contributed by atoms with Gasteiger partial charge in [-0.25, -0.2) is 4.68 Å². The normalized spacial score (nSPS) is 10.4. The molecule has 0 atom stereocenters. The lowest BCUT2D eigenvalue weighted by atomic mass is 10.1. The lowest BCUT2D eigenvalue weighted by Gasteiger charge is -2.13. The summed E-state index contributed by atoms with van der Waals surface area (Å²) < 4.78 is 6.36. The molecule has 0 radical (unpaired) electrons. The van der Waals surface area contributed by atoms with Gasteiger partial charge in [-0.1, -0.05) is 29.8 Å². The van der Waals surface area contributed by atoms with Gasteiger partial charge < -0.3 is 15.4 Å². The van der Waals surface area contributed by atoms with Crippen LogP contribution in [0.2, 0.25) is 0 Å². The molecule has 0 saturated heterocycles. The molecule has 0 bridgehead atoms. The van der Waals surface area contributed by atoms with E-state index in [0.717, 1.165) is 15.8 Å². The summed E-state index contributed by atoms with van der Waals surface area (Å²) in [4.78, 5) is 36.0. The van der Waals surface area contributed by atoms with E-state index in [1.54, 1.807) is 24.3 Å². The zero-order valence-corrected chi connectivity index (χ0v) is 16.9. The minimum Gasteiger partial charge on any atom is -0.495 e. The van der Waals surface area contributed by atoms with Crippen molar-refractivity contribution in [1.29, 1.82) is 0 Å². The summed E-state index contributed by atoms with van der Waals surface area (Å²) in [5, 5.41) is 9.66. The fourth-order valence-electron chi connectivity index (χ4n) is 2.85. The van der Waals surface area contributed by atoms with Crippen LogP contribution in [0.3, 0.4) is 0 Å². The number of benzene rings is 2. The van der Waals surface area contributed by atoms with Crippen molar-refractivity contribution in [3.63, 3.8) is 0 Å². The van der Waals surface area contributed by atoms with Gasteiger partial charge in [0, 0.05) is 24.2 Å². The second-order valence-corrected chi connectivity index (χ2v) is 6.72. The first-order chi connectivity index (χ1) is 14.4. The highest BCUT2D eigenvalue weighted by Gasteiger charge is 2.12. The van der Waals surface area contributed by atoms with Crippen LogP contribution < -0.4 is 20.9 Å². The van der Waals surface area contributed by atoms with Gasteiger partial charge in [-0.3, -0.25) is 14.4 Å². The molecule has 0 aliphatic carbocycles. The smallest absolute Gasteiger partial charge is 0.267 e. The lowest BCUT2D eigenvalue weighted by Crippen LogP contribution is -2.29. The van der Waals surface area contributed by atoms with Gasteiger partial charge in [0.05, 0.1) is 18.5 Å². The standard InChI is InChI=1S/C22H22N4O4/c1-14-4-6-16(7-5-14)18-9-11-22(29)26(25-18)13-21(28)24-19-12-17(23-15(2)27)8-10-20(19)30-3/h4-12H,13H2,1-3H3,(H,23,27)(H,24,28). The molecule has 0 aliphatic heterocycles. The van der Waals surface area contributed by atoms with Crippen LogP contribution in [0.4, 0.5) is 11.4 Å². The van der Waals surface area contributed by atoms with Crippen LogP contribution >= 0.6 is 0 Å². The Labute approximate surface area is 173 Å². The molecule has 0 aliphatic rings. The highest BCUT2D eigenvalue weighted by atomic mass is 16.5.